The predicted octanol–water partition coefficient (Wildman–Crippen LogP) is 0.666. The van der Waals surface area contributed by atoms with Crippen molar-refractivity contribution in [2.45, 2.75) is 24.5 Å². The molecule has 6 heteroatoms. The van der Waals surface area contributed by atoms with Gasteiger partial charge >= 0.3 is 0 Å². The zero-order valence-electron chi connectivity index (χ0n) is 8.05. The molecule has 0 spiro atoms. The van der Waals surface area contributed by atoms with E-state index in [2.05, 4.69) is 4.98 Å². The van der Waals surface area contributed by atoms with Crippen LogP contribution in [0.1, 0.15) is 29.7 Å². The quantitative estimate of drug-likeness (QED) is 0.712. The van der Waals surface area contributed by atoms with Gasteiger partial charge in [0.05, 0.1) is 11.4 Å². The number of hydrogen-bond donors (Lipinski definition) is 0. The van der Waals surface area contributed by atoms with Gasteiger partial charge in [0.25, 0.3) is 0 Å². The molecule has 1 aromatic rings. The molecule has 5 nitrogen and oxygen atoms in total. The fraction of sp³-hybridized carbons (Fsp3) is 0.556. The lowest BCUT2D eigenvalue weighted by molar-refractivity contribution is -0.107. The standard InChI is InChI=1S/C9H11NO4S/c11-4-3-7-6-14-9(10-7)8-2-1-5-15(8,12)13/h4,6,8H,1-3,5H2. The van der Waals surface area contributed by atoms with Crippen molar-refractivity contribution >= 4 is 16.1 Å². The van der Waals surface area contributed by atoms with Gasteiger partial charge in [-0.2, -0.15) is 0 Å². The highest BCUT2D eigenvalue weighted by atomic mass is 32.2. The van der Waals surface area contributed by atoms with E-state index in [9.17, 15) is 13.2 Å². The van der Waals surface area contributed by atoms with Crippen molar-refractivity contribution in [1.82, 2.24) is 4.98 Å². The SMILES string of the molecule is O=CCc1coc(C2CCCS2(=O)=O)n1. The molecule has 1 unspecified atom stereocenters. The average molecular weight is 229 g/mol. The van der Waals surface area contributed by atoms with Crippen molar-refractivity contribution in [3.63, 3.8) is 0 Å². The molecule has 0 amide bonds. The molecule has 1 atom stereocenters. The molecule has 0 saturated carbocycles. The second kappa shape index (κ2) is 3.77. The molecule has 1 aromatic heterocycles. The van der Waals surface area contributed by atoms with Crippen LogP contribution in [-0.4, -0.2) is 25.4 Å². The number of carbonyl (C=O) groups excluding carboxylic acids is 1. The van der Waals surface area contributed by atoms with Gasteiger partial charge in [-0.15, -0.1) is 0 Å². The van der Waals surface area contributed by atoms with Crippen molar-refractivity contribution in [2.24, 2.45) is 0 Å². The molecule has 82 valence electrons. The molecule has 0 radical (unpaired) electrons. The molecule has 0 N–H and O–H groups in total. The summed E-state index contributed by atoms with van der Waals surface area (Å²) < 4.78 is 28.2. The number of oxazole rings is 1. The van der Waals surface area contributed by atoms with Crippen LogP contribution in [0.3, 0.4) is 0 Å². The molecular formula is C9H11NO4S. The van der Waals surface area contributed by atoms with Gasteiger partial charge in [-0.25, -0.2) is 13.4 Å². The molecule has 0 aliphatic carbocycles. The third-order valence-corrected chi connectivity index (χ3v) is 4.63. The van der Waals surface area contributed by atoms with Gasteiger partial charge in [-0.05, 0) is 12.8 Å². The van der Waals surface area contributed by atoms with Crippen LogP contribution in [0, 0.1) is 0 Å². The van der Waals surface area contributed by atoms with Gasteiger partial charge in [0.1, 0.15) is 17.8 Å². The lowest BCUT2D eigenvalue weighted by Crippen LogP contribution is -2.08. The van der Waals surface area contributed by atoms with Crippen molar-refractivity contribution in [3.05, 3.63) is 17.8 Å². The number of sulfone groups is 1. The molecule has 2 heterocycles. The number of aldehydes is 1. The van der Waals surface area contributed by atoms with Gasteiger partial charge in [0, 0.05) is 6.42 Å². The second-order valence-electron chi connectivity index (χ2n) is 3.55. The van der Waals surface area contributed by atoms with Crippen molar-refractivity contribution in [2.75, 3.05) is 5.75 Å². The maximum atomic E-state index is 11.6. The molecule has 1 fully saturated rings. The lowest BCUT2D eigenvalue weighted by atomic mass is 10.2. The smallest absolute Gasteiger partial charge is 0.212 e. The zero-order chi connectivity index (χ0) is 10.9. The minimum atomic E-state index is -3.09. The van der Waals surface area contributed by atoms with Crippen LogP contribution in [0.5, 0.6) is 0 Å². The van der Waals surface area contributed by atoms with Crippen LogP contribution in [0.15, 0.2) is 10.7 Å². The Bertz CT molecular complexity index is 462. The van der Waals surface area contributed by atoms with Gasteiger partial charge in [-0.3, -0.25) is 0 Å². The Morgan fingerprint density at radius 2 is 2.40 bits per heavy atom. The summed E-state index contributed by atoms with van der Waals surface area (Å²) in [4.78, 5) is 14.2. The van der Waals surface area contributed by atoms with Crippen LogP contribution >= 0.6 is 0 Å². The molecule has 1 saturated heterocycles. The maximum absolute atomic E-state index is 11.6. The fourth-order valence-electron chi connectivity index (χ4n) is 1.72. The van der Waals surface area contributed by atoms with Gasteiger partial charge in [0.15, 0.2) is 9.84 Å². The lowest BCUT2D eigenvalue weighted by Gasteiger charge is -2.02. The highest BCUT2D eigenvalue weighted by Crippen LogP contribution is 2.33. The summed E-state index contributed by atoms with van der Waals surface area (Å²) in [6, 6.07) is 0. The Hall–Kier alpha value is -1.17. The van der Waals surface area contributed by atoms with Crippen LogP contribution in [0.4, 0.5) is 0 Å². The summed E-state index contributed by atoms with van der Waals surface area (Å²) in [5.41, 5.74) is 0.488. The zero-order valence-corrected chi connectivity index (χ0v) is 8.87. The summed E-state index contributed by atoms with van der Waals surface area (Å²) in [5.74, 6) is 0.424. The number of carbonyl (C=O) groups is 1. The third kappa shape index (κ3) is 1.94. The molecule has 0 bridgehead atoms. The maximum Gasteiger partial charge on any atom is 0.212 e. The van der Waals surface area contributed by atoms with Crippen molar-refractivity contribution < 1.29 is 17.6 Å². The first-order chi connectivity index (χ1) is 7.13. The first-order valence-corrected chi connectivity index (χ1v) is 6.44. The Morgan fingerprint density at radius 1 is 1.60 bits per heavy atom. The Labute approximate surface area is 87.4 Å². The summed E-state index contributed by atoms with van der Waals surface area (Å²) in [5, 5.41) is -0.613. The van der Waals surface area contributed by atoms with E-state index >= 15 is 0 Å². The molecule has 0 aromatic carbocycles. The average Bonchev–Trinajstić information content (AvgIpc) is 2.72. The van der Waals surface area contributed by atoms with E-state index in [0.29, 0.717) is 24.8 Å². The third-order valence-electron chi connectivity index (χ3n) is 2.47. The topological polar surface area (TPSA) is 77.2 Å². The van der Waals surface area contributed by atoms with Crippen LogP contribution in [0.2, 0.25) is 0 Å². The predicted molar refractivity (Wildman–Crippen MR) is 52.0 cm³/mol. The number of nitrogens with zero attached hydrogens (tertiary/aromatic N) is 1. The van der Waals surface area contributed by atoms with Crippen LogP contribution in [-0.2, 0) is 21.1 Å². The highest BCUT2D eigenvalue weighted by Gasteiger charge is 2.36. The Balaban J connectivity index is 2.26. The summed E-state index contributed by atoms with van der Waals surface area (Å²) >= 11 is 0. The van der Waals surface area contributed by atoms with Crippen molar-refractivity contribution in [3.8, 4) is 0 Å². The minimum absolute atomic E-state index is 0.163. The van der Waals surface area contributed by atoms with E-state index in [1.54, 1.807) is 0 Å². The van der Waals surface area contributed by atoms with E-state index in [0.717, 1.165) is 0 Å². The van der Waals surface area contributed by atoms with E-state index in [4.69, 9.17) is 4.42 Å². The van der Waals surface area contributed by atoms with E-state index < -0.39 is 15.1 Å². The second-order valence-corrected chi connectivity index (χ2v) is 5.85. The van der Waals surface area contributed by atoms with Crippen molar-refractivity contribution in [1.29, 1.82) is 0 Å². The van der Waals surface area contributed by atoms with E-state index in [-0.39, 0.29) is 18.1 Å². The monoisotopic (exact) mass is 229 g/mol. The van der Waals surface area contributed by atoms with Crippen LogP contribution < -0.4 is 0 Å². The first-order valence-electron chi connectivity index (χ1n) is 4.73. The Kier molecular flexibility index (Phi) is 2.60. The fourth-order valence-corrected chi connectivity index (χ4v) is 3.51. The van der Waals surface area contributed by atoms with Gasteiger partial charge < -0.3 is 9.21 Å². The van der Waals surface area contributed by atoms with Crippen LogP contribution in [0.25, 0.3) is 0 Å². The number of aromatic nitrogens is 1. The highest BCUT2D eigenvalue weighted by molar-refractivity contribution is 7.91. The molecule has 1 aliphatic rings. The summed E-state index contributed by atoms with van der Waals surface area (Å²) in [6.07, 6.45) is 3.43. The van der Waals surface area contributed by atoms with Gasteiger partial charge in [-0.1, -0.05) is 0 Å². The van der Waals surface area contributed by atoms with E-state index in [1.807, 2.05) is 0 Å². The molecular weight excluding hydrogens is 218 g/mol. The number of rotatable bonds is 3. The minimum Gasteiger partial charge on any atom is -0.447 e. The number of hydrogen-bond acceptors (Lipinski definition) is 5. The normalized spacial score (nSPS) is 24.1. The van der Waals surface area contributed by atoms with E-state index in [1.165, 1.54) is 6.26 Å². The largest absolute Gasteiger partial charge is 0.447 e. The first kappa shape index (κ1) is 10.4. The Morgan fingerprint density at radius 3 is 3.00 bits per heavy atom. The summed E-state index contributed by atoms with van der Waals surface area (Å²) in [6.45, 7) is 0. The van der Waals surface area contributed by atoms with Gasteiger partial charge in [0.2, 0.25) is 5.89 Å². The molecule has 15 heavy (non-hydrogen) atoms. The summed E-state index contributed by atoms with van der Waals surface area (Å²) in [7, 11) is -3.09. The molecule has 1 aliphatic heterocycles. The molecule has 2 rings (SSSR count).